The molecule has 0 radical (unpaired) electrons. The third kappa shape index (κ3) is 5.44. The molecular weight excluding hydrogens is 336 g/mol. The SMILES string of the molecule is C=CCOc1ccc(C(=O)N[C@H](C)[C@@H]2CCN(Cc3ccccc3)C2)cc1. The molecule has 27 heavy (non-hydrogen) atoms. The fourth-order valence-corrected chi connectivity index (χ4v) is 3.52. The third-order valence-corrected chi connectivity index (χ3v) is 5.11. The second kappa shape index (κ2) is 9.38. The van der Waals surface area contributed by atoms with Crippen LogP contribution in [0.25, 0.3) is 0 Å². The van der Waals surface area contributed by atoms with Gasteiger partial charge in [-0.1, -0.05) is 43.0 Å². The number of ether oxygens (including phenoxy) is 1. The van der Waals surface area contributed by atoms with Crippen LogP contribution in [0.5, 0.6) is 5.75 Å². The Morgan fingerprint density at radius 2 is 2.00 bits per heavy atom. The Morgan fingerprint density at radius 1 is 1.26 bits per heavy atom. The zero-order chi connectivity index (χ0) is 19.1. The van der Waals surface area contributed by atoms with Gasteiger partial charge in [0, 0.05) is 24.7 Å². The quantitative estimate of drug-likeness (QED) is 0.723. The van der Waals surface area contributed by atoms with Gasteiger partial charge in [-0.15, -0.1) is 0 Å². The van der Waals surface area contributed by atoms with Gasteiger partial charge in [0.05, 0.1) is 0 Å². The molecule has 3 rings (SSSR count). The number of nitrogens with zero attached hydrogens (tertiary/aromatic N) is 1. The number of rotatable bonds is 8. The fourth-order valence-electron chi connectivity index (χ4n) is 3.52. The first-order valence-electron chi connectivity index (χ1n) is 9.56. The van der Waals surface area contributed by atoms with Crippen molar-refractivity contribution in [3.05, 3.63) is 78.4 Å². The number of nitrogens with one attached hydrogen (secondary N) is 1. The predicted octanol–water partition coefficient (Wildman–Crippen LogP) is 3.89. The lowest BCUT2D eigenvalue weighted by Crippen LogP contribution is -2.39. The Bertz CT molecular complexity index is 743. The van der Waals surface area contributed by atoms with E-state index in [4.69, 9.17) is 4.74 Å². The van der Waals surface area contributed by atoms with Crippen LogP contribution in [0.1, 0.15) is 29.3 Å². The predicted molar refractivity (Wildman–Crippen MR) is 109 cm³/mol. The van der Waals surface area contributed by atoms with Crippen LogP contribution in [0.4, 0.5) is 0 Å². The molecule has 1 aliphatic rings. The average Bonchev–Trinajstić information content (AvgIpc) is 3.16. The Balaban J connectivity index is 1.49. The third-order valence-electron chi connectivity index (χ3n) is 5.11. The average molecular weight is 364 g/mol. The van der Waals surface area contributed by atoms with E-state index in [-0.39, 0.29) is 11.9 Å². The zero-order valence-electron chi connectivity index (χ0n) is 15.9. The monoisotopic (exact) mass is 364 g/mol. The lowest BCUT2D eigenvalue weighted by Gasteiger charge is -2.22. The minimum atomic E-state index is -0.0284. The van der Waals surface area contributed by atoms with Gasteiger partial charge in [0.1, 0.15) is 12.4 Å². The van der Waals surface area contributed by atoms with E-state index in [0.717, 1.165) is 31.8 Å². The second-order valence-electron chi connectivity index (χ2n) is 7.16. The highest BCUT2D eigenvalue weighted by Crippen LogP contribution is 2.22. The van der Waals surface area contributed by atoms with Crippen molar-refractivity contribution in [1.29, 1.82) is 0 Å². The maximum absolute atomic E-state index is 12.5. The molecule has 4 nitrogen and oxygen atoms in total. The molecule has 2 aromatic carbocycles. The summed E-state index contributed by atoms with van der Waals surface area (Å²) in [7, 11) is 0. The molecule has 1 aliphatic heterocycles. The molecule has 2 atom stereocenters. The first kappa shape index (κ1) is 19.2. The first-order valence-corrected chi connectivity index (χ1v) is 9.56. The maximum atomic E-state index is 12.5. The van der Waals surface area contributed by atoms with Crippen molar-refractivity contribution in [2.75, 3.05) is 19.7 Å². The van der Waals surface area contributed by atoms with Crippen molar-refractivity contribution in [2.45, 2.75) is 25.9 Å². The molecule has 0 aliphatic carbocycles. The van der Waals surface area contributed by atoms with Gasteiger partial charge >= 0.3 is 0 Å². The molecule has 0 spiro atoms. The lowest BCUT2D eigenvalue weighted by atomic mass is 10.00. The van der Waals surface area contributed by atoms with E-state index < -0.39 is 0 Å². The number of amides is 1. The smallest absolute Gasteiger partial charge is 0.251 e. The van der Waals surface area contributed by atoms with Gasteiger partial charge in [-0.3, -0.25) is 9.69 Å². The molecule has 2 aromatic rings. The van der Waals surface area contributed by atoms with Gasteiger partial charge in [0.25, 0.3) is 5.91 Å². The molecule has 0 aromatic heterocycles. The van der Waals surface area contributed by atoms with Gasteiger partial charge in [0.15, 0.2) is 0 Å². The number of benzene rings is 2. The number of carbonyl (C=O) groups is 1. The molecule has 0 saturated carbocycles. The Kier molecular flexibility index (Phi) is 6.66. The van der Waals surface area contributed by atoms with Crippen LogP contribution in [-0.4, -0.2) is 36.5 Å². The maximum Gasteiger partial charge on any atom is 0.251 e. The van der Waals surface area contributed by atoms with Crippen LogP contribution >= 0.6 is 0 Å². The highest BCUT2D eigenvalue weighted by Gasteiger charge is 2.28. The van der Waals surface area contributed by atoms with Crippen LogP contribution in [0.3, 0.4) is 0 Å². The zero-order valence-corrected chi connectivity index (χ0v) is 15.9. The van der Waals surface area contributed by atoms with Crippen LogP contribution in [0.2, 0.25) is 0 Å². The van der Waals surface area contributed by atoms with E-state index in [9.17, 15) is 4.79 Å². The van der Waals surface area contributed by atoms with Crippen molar-refractivity contribution in [3.63, 3.8) is 0 Å². The second-order valence-corrected chi connectivity index (χ2v) is 7.16. The van der Waals surface area contributed by atoms with Gasteiger partial charge in [-0.25, -0.2) is 0 Å². The van der Waals surface area contributed by atoms with Crippen molar-refractivity contribution in [3.8, 4) is 5.75 Å². The number of likely N-dealkylation sites (tertiary alicyclic amines) is 1. The lowest BCUT2D eigenvalue weighted by molar-refractivity contribution is 0.0927. The van der Waals surface area contributed by atoms with Crippen LogP contribution in [0.15, 0.2) is 67.3 Å². The molecule has 0 unspecified atom stereocenters. The molecule has 1 fully saturated rings. The summed E-state index contributed by atoms with van der Waals surface area (Å²) in [6.45, 7) is 9.27. The summed E-state index contributed by atoms with van der Waals surface area (Å²) >= 11 is 0. The first-order chi connectivity index (χ1) is 13.2. The van der Waals surface area contributed by atoms with Gasteiger partial charge in [-0.2, -0.15) is 0 Å². The molecule has 1 heterocycles. The van der Waals surface area contributed by atoms with Gasteiger partial charge < -0.3 is 10.1 Å². The van der Waals surface area contributed by atoms with E-state index in [1.807, 2.05) is 18.2 Å². The summed E-state index contributed by atoms with van der Waals surface area (Å²) in [6, 6.07) is 17.9. The highest BCUT2D eigenvalue weighted by molar-refractivity contribution is 5.94. The molecule has 1 N–H and O–H groups in total. The Labute approximate surface area is 161 Å². The van der Waals surface area contributed by atoms with Gasteiger partial charge in [0.2, 0.25) is 0 Å². The summed E-state index contributed by atoms with van der Waals surface area (Å²) in [6.07, 6.45) is 2.81. The van der Waals surface area contributed by atoms with E-state index in [1.165, 1.54) is 5.56 Å². The fraction of sp³-hybridized carbons (Fsp3) is 0.348. The summed E-state index contributed by atoms with van der Waals surface area (Å²) in [5, 5.41) is 3.16. The minimum Gasteiger partial charge on any atom is -0.490 e. The molecular formula is C23H28N2O2. The topological polar surface area (TPSA) is 41.6 Å². The molecule has 0 bridgehead atoms. The van der Waals surface area contributed by atoms with Crippen molar-refractivity contribution >= 4 is 5.91 Å². The van der Waals surface area contributed by atoms with E-state index in [1.54, 1.807) is 18.2 Å². The summed E-state index contributed by atoms with van der Waals surface area (Å²) < 4.78 is 5.46. The molecule has 4 heteroatoms. The minimum absolute atomic E-state index is 0.0284. The number of hydrogen-bond donors (Lipinski definition) is 1. The largest absolute Gasteiger partial charge is 0.490 e. The summed E-state index contributed by atoms with van der Waals surface area (Å²) in [4.78, 5) is 15.0. The normalized spacial score (nSPS) is 18.0. The van der Waals surface area contributed by atoms with E-state index in [2.05, 4.69) is 48.0 Å². The van der Waals surface area contributed by atoms with Gasteiger partial charge in [-0.05, 0) is 55.6 Å². The Hall–Kier alpha value is -2.59. The van der Waals surface area contributed by atoms with Crippen LogP contribution in [0, 0.1) is 5.92 Å². The van der Waals surface area contributed by atoms with E-state index in [0.29, 0.717) is 18.1 Å². The molecule has 1 amide bonds. The van der Waals surface area contributed by atoms with Crippen LogP contribution in [-0.2, 0) is 6.54 Å². The molecule has 142 valence electrons. The summed E-state index contributed by atoms with van der Waals surface area (Å²) in [5.41, 5.74) is 2.00. The highest BCUT2D eigenvalue weighted by atomic mass is 16.5. The Morgan fingerprint density at radius 3 is 2.70 bits per heavy atom. The van der Waals surface area contributed by atoms with Crippen LogP contribution < -0.4 is 10.1 Å². The van der Waals surface area contributed by atoms with Crippen molar-refractivity contribution in [1.82, 2.24) is 10.2 Å². The van der Waals surface area contributed by atoms with E-state index >= 15 is 0 Å². The number of carbonyl (C=O) groups excluding carboxylic acids is 1. The molecule has 1 saturated heterocycles. The van der Waals surface area contributed by atoms with Crippen molar-refractivity contribution < 1.29 is 9.53 Å². The standard InChI is InChI=1S/C23H28N2O2/c1-3-15-27-22-11-9-20(10-12-22)23(26)24-18(2)21-13-14-25(17-21)16-19-7-5-4-6-8-19/h3-12,18,21H,1,13-17H2,2H3,(H,24,26)/t18-,21-/m1/s1. The van der Waals surface area contributed by atoms with Crippen molar-refractivity contribution in [2.24, 2.45) is 5.92 Å². The summed E-state index contributed by atoms with van der Waals surface area (Å²) in [5.74, 6) is 1.19. The number of hydrogen-bond acceptors (Lipinski definition) is 3.